The van der Waals surface area contributed by atoms with E-state index in [0.717, 1.165) is 49.1 Å². The highest BCUT2D eigenvalue weighted by molar-refractivity contribution is 5.94. The normalized spacial score (nSPS) is 17.2. The van der Waals surface area contributed by atoms with Crippen LogP contribution in [0.4, 0.5) is 13.2 Å². The number of aryl methyl sites for hydroxylation is 1. The molecule has 0 spiro atoms. The van der Waals surface area contributed by atoms with Crippen LogP contribution in [-0.4, -0.2) is 62.2 Å². The van der Waals surface area contributed by atoms with Crippen molar-refractivity contribution >= 4 is 5.91 Å². The average Bonchev–Trinajstić information content (AvgIpc) is 3.46. The fraction of sp³-hybridized carbons (Fsp3) is 0.455. The van der Waals surface area contributed by atoms with Gasteiger partial charge in [-0.15, -0.1) is 0 Å². The summed E-state index contributed by atoms with van der Waals surface area (Å²) in [6, 6.07) is 4.85. The van der Waals surface area contributed by atoms with Crippen LogP contribution in [0.2, 0.25) is 0 Å². The lowest BCUT2D eigenvalue weighted by Crippen LogP contribution is -2.48. The van der Waals surface area contributed by atoms with E-state index in [9.17, 15) is 18.0 Å². The maximum absolute atomic E-state index is 13.0. The fourth-order valence-electron chi connectivity index (χ4n) is 4.38. The van der Waals surface area contributed by atoms with Crippen LogP contribution in [0, 0.1) is 0 Å². The molecule has 0 saturated carbocycles. The van der Waals surface area contributed by atoms with E-state index in [1.165, 1.54) is 12.1 Å². The molecule has 0 bridgehead atoms. The Labute approximate surface area is 187 Å². The number of amides is 1. The van der Waals surface area contributed by atoms with Gasteiger partial charge in [-0.05, 0) is 37.8 Å². The van der Waals surface area contributed by atoms with Gasteiger partial charge in [-0.25, -0.2) is 0 Å². The second-order valence-electron chi connectivity index (χ2n) is 8.40. The van der Waals surface area contributed by atoms with Crippen molar-refractivity contribution in [1.29, 1.82) is 0 Å². The molecule has 11 heteroatoms. The number of nitrogens with zero attached hydrogens (tertiary/aromatic N) is 5. The van der Waals surface area contributed by atoms with Gasteiger partial charge in [0.1, 0.15) is 0 Å². The van der Waals surface area contributed by atoms with Crippen molar-refractivity contribution in [2.24, 2.45) is 0 Å². The maximum Gasteiger partial charge on any atom is 0.416 e. The van der Waals surface area contributed by atoms with Crippen molar-refractivity contribution in [1.82, 2.24) is 30.1 Å². The number of aromatic nitrogens is 4. The number of H-pyrrole nitrogens is 1. The van der Waals surface area contributed by atoms with Crippen LogP contribution in [-0.2, 0) is 25.6 Å². The average molecular weight is 460 g/mol. The minimum atomic E-state index is -4.44. The summed E-state index contributed by atoms with van der Waals surface area (Å²) in [6.07, 6.45) is -0.414. The van der Waals surface area contributed by atoms with Crippen molar-refractivity contribution < 1.29 is 22.5 Å². The van der Waals surface area contributed by atoms with Gasteiger partial charge in [-0.2, -0.15) is 23.3 Å². The summed E-state index contributed by atoms with van der Waals surface area (Å²) >= 11 is 0. The van der Waals surface area contributed by atoms with Crippen LogP contribution in [0.1, 0.15) is 46.0 Å². The van der Waals surface area contributed by atoms with Gasteiger partial charge in [0, 0.05) is 43.0 Å². The molecule has 1 amide bonds. The first-order valence-corrected chi connectivity index (χ1v) is 11.0. The molecule has 3 aromatic rings. The van der Waals surface area contributed by atoms with Crippen LogP contribution < -0.4 is 0 Å². The maximum atomic E-state index is 13.0. The highest BCUT2D eigenvalue weighted by Gasteiger charge is 2.31. The number of halogens is 3. The molecule has 1 aromatic carbocycles. The third-order valence-electron chi connectivity index (χ3n) is 6.19. The molecule has 2 aliphatic rings. The molecular weight excluding hydrogens is 437 g/mol. The number of carbonyl (C=O) groups is 1. The van der Waals surface area contributed by atoms with Gasteiger partial charge in [-0.3, -0.25) is 14.8 Å². The molecule has 3 heterocycles. The molecule has 5 rings (SSSR count). The van der Waals surface area contributed by atoms with Crippen molar-refractivity contribution in [2.45, 2.75) is 38.4 Å². The Morgan fingerprint density at radius 3 is 2.70 bits per heavy atom. The molecule has 2 aromatic heterocycles. The van der Waals surface area contributed by atoms with Gasteiger partial charge in [-0.1, -0.05) is 17.3 Å². The van der Waals surface area contributed by atoms with Crippen LogP contribution in [0.25, 0.3) is 11.4 Å². The number of fused-ring (bicyclic) bond motifs is 1. The molecule has 33 heavy (non-hydrogen) atoms. The standard InChI is InChI=1S/C22H23F3N6O2/c23-22(24,25)15-5-3-4-14(12-15)20-26-18(33-29-20)13-30-8-10-31(11-9-30)21(32)19-16-6-1-2-7-17(16)27-28-19/h3-5,12H,1-2,6-11,13H2,(H,27,28). The topological polar surface area (TPSA) is 91.2 Å². The second kappa shape index (κ2) is 8.62. The Balaban J connectivity index is 1.19. The summed E-state index contributed by atoms with van der Waals surface area (Å²) < 4.78 is 44.1. The van der Waals surface area contributed by atoms with Crippen LogP contribution in [0.15, 0.2) is 28.8 Å². The Kier molecular flexibility index (Phi) is 5.65. The molecule has 1 saturated heterocycles. The van der Waals surface area contributed by atoms with E-state index in [1.54, 1.807) is 0 Å². The number of hydrogen-bond donors (Lipinski definition) is 1. The minimum Gasteiger partial charge on any atom is -0.338 e. The lowest BCUT2D eigenvalue weighted by Gasteiger charge is -2.33. The summed E-state index contributed by atoms with van der Waals surface area (Å²) in [7, 11) is 0. The Morgan fingerprint density at radius 2 is 1.91 bits per heavy atom. The summed E-state index contributed by atoms with van der Waals surface area (Å²) in [5.74, 6) is 0.399. The lowest BCUT2D eigenvalue weighted by atomic mass is 9.95. The Bertz CT molecular complexity index is 1150. The molecule has 1 aliphatic heterocycles. The zero-order valence-electron chi connectivity index (χ0n) is 17.9. The van der Waals surface area contributed by atoms with E-state index >= 15 is 0 Å². The number of carbonyl (C=O) groups excluding carboxylic acids is 1. The van der Waals surface area contributed by atoms with Crippen molar-refractivity contribution in [3.63, 3.8) is 0 Å². The first-order valence-electron chi connectivity index (χ1n) is 11.0. The molecule has 174 valence electrons. The summed E-state index contributed by atoms with van der Waals surface area (Å²) in [5, 5.41) is 11.1. The molecule has 0 radical (unpaired) electrons. The summed E-state index contributed by atoms with van der Waals surface area (Å²) in [6.45, 7) is 2.72. The Hall–Kier alpha value is -3.21. The number of alkyl halides is 3. The second-order valence-corrected chi connectivity index (χ2v) is 8.40. The smallest absolute Gasteiger partial charge is 0.338 e. The van der Waals surface area contributed by atoms with Crippen molar-refractivity contribution in [3.8, 4) is 11.4 Å². The van der Waals surface area contributed by atoms with E-state index < -0.39 is 11.7 Å². The lowest BCUT2D eigenvalue weighted by molar-refractivity contribution is -0.137. The van der Waals surface area contributed by atoms with E-state index in [0.29, 0.717) is 44.3 Å². The number of benzene rings is 1. The largest absolute Gasteiger partial charge is 0.416 e. The third kappa shape index (κ3) is 4.50. The van der Waals surface area contributed by atoms with Gasteiger partial charge in [0.2, 0.25) is 11.7 Å². The van der Waals surface area contributed by atoms with Crippen LogP contribution in [0.5, 0.6) is 0 Å². The van der Waals surface area contributed by atoms with Crippen molar-refractivity contribution in [2.75, 3.05) is 26.2 Å². The molecule has 8 nitrogen and oxygen atoms in total. The van der Waals surface area contributed by atoms with Gasteiger partial charge < -0.3 is 9.42 Å². The first-order chi connectivity index (χ1) is 15.9. The molecule has 0 unspecified atom stereocenters. The summed E-state index contributed by atoms with van der Waals surface area (Å²) in [4.78, 5) is 21.1. The molecule has 1 fully saturated rings. The van der Waals surface area contributed by atoms with Gasteiger partial charge in [0.25, 0.3) is 5.91 Å². The highest BCUT2D eigenvalue weighted by Crippen LogP contribution is 2.31. The molecular formula is C22H23F3N6O2. The quantitative estimate of drug-likeness (QED) is 0.643. The SMILES string of the molecule is O=C(c1n[nH]c2c1CCCC2)N1CCN(Cc2nc(-c3cccc(C(F)(F)F)c3)no2)CC1. The van der Waals surface area contributed by atoms with E-state index in [4.69, 9.17) is 4.52 Å². The highest BCUT2D eigenvalue weighted by atomic mass is 19.4. The first kappa shape index (κ1) is 21.6. The number of nitrogens with one attached hydrogen (secondary N) is 1. The minimum absolute atomic E-state index is 0.0429. The zero-order chi connectivity index (χ0) is 23.0. The number of hydrogen-bond acceptors (Lipinski definition) is 6. The van der Waals surface area contributed by atoms with Crippen molar-refractivity contribution in [3.05, 3.63) is 52.7 Å². The Morgan fingerprint density at radius 1 is 1.12 bits per heavy atom. The van der Waals surface area contributed by atoms with Gasteiger partial charge in [0.15, 0.2) is 5.69 Å². The molecule has 1 N–H and O–H groups in total. The molecule has 1 aliphatic carbocycles. The van der Waals surface area contributed by atoms with Crippen LogP contribution in [0.3, 0.4) is 0 Å². The van der Waals surface area contributed by atoms with Gasteiger partial charge in [0.05, 0.1) is 12.1 Å². The fourth-order valence-corrected chi connectivity index (χ4v) is 4.38. The summed E-state index contributed by atoms with van der Waals surface area (Å²) in [5.41, 5.74) is 2.17. The predicted molar refractivity (Wildman–Crippen MR) is 111 cm³/mol. The predicted octanol–water partition coefficient (Wildman–Crippen LogP) is 3.32. The van der Waals surface area contributed by atoms with E-state index in [1.807, 2.05) is 4.90 Å². The number of rotatable bonds is 4. The zero-order valence-corrected chi connectivity index (χ0v) is 17.9. The van der Waals surface area contributed by atoms with E-state index in [2.05, 4.69) is 25.2 Å². The van der Waals surface area contributed by atoms with E-state index in [-0.39, 0.29) is 17.3 Å². The number of piperazine rings is 1. The third-order valence-corrected chi connectivity index (χ3v) is 6.19. The monoisotopic (exact) mass is 460 g/mol. The van der Waals surface area contributed by atoms with Gasteiger partial charge >= 0.3 is 6.18 Å². The van der Waals surface area contributed by atoms with Crippen LogP contribution >= 0.6 is 0 Å². The number of aromatic amines is 1. The molecule has 0 atom stereocenters.